The van der Waals surface area contributed by atoms with Crippen molar-refractivity contribution in [3.63, 3.8) is 0 Å². The van der Waals surface area contributed by atoms with E-state index in [1.807, 2.05) is 12.1 Å². The van der Waals surface area contributed by atoms with Crippen LogP contribution in [0.15, 0.2) is 66.7 Å². The number of allylic oxidation sites excluding steroid dienone is 1. The maximum atomic E-state index is 6.77. The largest absolute Gasteiger partial charge is 0.543 e. The van der Waals surface area contributed by atoms with Crippen LogP contribution in [0.4, 0.5) is 0 Å². The maximum absolute atomic E-state index is 6.77. The fraction of sp³-hybridized carbons (Fsp3) is 0.360. The molecule has 1 nitrogen and oxygen atoms in total. The number of rotatable bonds is 6. The van der Waals surface area contributed by atoms with Crippen molar-refractivity contribution in [3.05, 3.63) is 77.9 Å². The van der Waals surface area contributed by atoms with Crippen molar-refractivity contribution in [3.8, 4) is 12.3 Å². The molecule has 0 N–H and O–H groups in total. The van der Waals surface area contributed by atoms with Crippen LogP contribution in [0.2, 0.25) is 18.1 Å². The molecule has 0 saturated heterocycles. The highest BCUT2D eigenvalue weighted by molar-refractivity contribution is 6.74. The van der Waals surface area contributed by atoms with E-state index in [-0.39, 0.29) is 16.9 Å². The van der Waals surface area contributed by atoms with Gasteiger partial charge in [-0.2, -0.15) is 0 Å². The molecule has 0 bridgehead atoms. The average molecular weight is 377 g/mol. The summed E-state index contributed by atoms with van der Waals surface area (Å²) in [5.41, 5.74) is 2.32. The standard InChI is InChI=1S/C25H32OSi/c1-8-20(2)23(21-15-11-9-12-16-21)19-24(22-17-13-10-14-18-22)26-27(6,7)25(3,4)5/h1,9-20,23H,2-7H3/b24-19-. The molecule has 2 heteroatoms. The van der Waals surface area contributed by atoms with Gasteiger partial charge in [-0.15, -0.1) is 12.3 Å². The van der Waals surface area contributed by atoms with Crippen LogP contribution in [0.25, 0.3) is 5.76 Å². The van der Waals surface area contributed by atoms with Gasteiger partial charge in [-0.3, -0.25) is 0 Å². The molecule has 0 aliphatic heterocycles. The van der Waals surface area contributed by atoms with Crippen molar-refractivity contribution in [2.45, 2.75) is 51.7 Å². The molecule has 0 aliphatic rings. The van der Waals surface area contributed by atoms with Gasteiger partial charge in [-0.25, -0.2) is 0 Å². The van der Waals surface area contributed by atoms with Gasteiger partial charge in [0, 0.05) is 17.4 Å². The molecular weight excluding hydrogens is 344 g/mol. The van der Waals surface area contributed by atoms with Crippen molar-refractivity contribution >= 4 is 14.1 Å². The Labute approximate surface area is 166 Å². The van der Waals surface area contributed by atoms with E-state index in [0.29, 0.717) is 0 Å². The highest BCUT2D eigenvalue weighted by atomic mass is 28.4. The molecule has 2 aromatic carbocycles. The summed E-state index contributed by atoms with van der Waals surface area (Å²) in [6.07, 6.45) is 8.04. The first-order chi connectivity index (χ1) is 12.7. The lowest BCUT2D eigenvalue weighted by atomic mass is 9.86. The number of benzene rings is 2. The van der Waals surface area contributed by atoms with Gasteiger partial charge in [0.1, 0.15) is 5.76 Å². The van der Waals surface area contributed by atoms with Crippen LogP contribution in [-0.4, -0.2) is 8.32 Å². The summed E-state index contributed by atoms with van der Waals surface area (Å²) in [4.78, 5) is 0. The third kappa shape index (κ3) is 5.37. The number of hydrogen-bond acceptors (Lipinski definition) is 1. The van der Waals surface area contributed by atoms with Crippen molar-refractivity contribution in [2.24, 2.45) is 5.92 Å². The molecule has 2 atom stereocenters. The average Bonchev–Trinajstić information content (AvgIpc) is 2.65. The maximum Gasteiger partial charge on any atom is 0.250 e. The molecule has 0 fully saturated rings. The van der Waals surface area contributed by atoms with Crippen LogP contribution < -0.4 is 0 Å². The zero-order valence-electron chi connectivity index (χ0n) is 17.5. The molecule has 142 valence electrons. The Morgan fingerprint density at radius 2 is 1.52 bits per heavy atom. The van der Waals surface area contributed by atoms with Gasteiger partial charge in [0.05, 0.1) is 0 Å². The number of hydrogen-bond donors (Lipinski definition) is 0. The number of terminal acetylenes is 1. The zero-order chi connectivity index (χ0) is 20.1. The molecule has 0 amide bonds. The van der Waals surface area contributed by atoms with Gasteiger partial charge < -0.3 is 4.43 Å². The Balaban J connectivity index is 2.55. The zero-order valence-corrected chi connectivity index (χ0v) is 18.5. The normalized spacial score (nSPS) is 14.9. The summed E-state index contributed by atoms with van der Waals surface area (Å²) >= 11 is 0. The minimum absolute atomic E-state index is 0.0779. The minimum Gasteiger partial charge on any atom is -0.543 e. The summed E-state index contributed by atoms with van der Waals surface area (Å²) in [6.45, 7) is 13.5. The Morgan fingerprint density at radius 3 is 2.00 bits per heavy atom. The van der Waals surface area contributed by atoms with Gasteiger partial charge in [0.2, 0.25) is 8.32 Å². The molecular formula is C25H32OSi. The molecule has 0 spiro atoms. The van der Waals surface area contributed by atoms with Gasteiger partial charge in [-0.05, 0) is 29.8 Å². The molecule has 2 unspecified atom stereocenters. The van der Waals surface area contributed by atoms with Crippen molar-refractivity contribution in [2.75, 3.05) is 0 Å². The Kier molecular flexibility index (Phi) is 6.73. The van der Waals surface area contributed by atoms with E-state index in [1.165, 1.54) is 5.56 Å². The molecule has 27 heavy (non-hydrogen) atoms. The predicted octanol–water partition coefficient (Wildman–Crippen LogP) is 7.10. The van der Waals surface area contributed by atoms with Gasteiger partial charge in [-0.1, -0.05) is 88.4 Å². The monoisotopic (exact) mass is 376 g/mol. The highest BCUT2D eigenvalue weighted by Crippen LogP contribution is 2.40. The van der Waals surface area contributed by atoms with E-state index in [9.17, 15) is 0 Å². The van der Waals surface area contributed by atoms with Gasteiger partial charge in [0.15, 0.2) is 0 Å². The van der Waals surface area contributed by atoms with Crippen LogP contribution in [0.5, 0.6) is 0 Å². The first-order valence-electron chi connectivity index (χ1n) is 9.63. The van der Waals surface area contributed by atoms with Crippen LogP contribution in [0, 0.1) is 18.3 Å². The van der Waals surface area contributed by atoms with Gasteiger partial charge in [0.25, 0.3) is 0 Å². The Morgan fingerprint density at radius 1 is 1.00 bits per heavy atom. The van der Waals surface area contributed by atoms with E-state index >= 15 is 0 Å². The second-order valence-corrected chi connectivity index (χ2v) is 13.4. The van der Waals surface area contributed by atoms with Crippen LogP contribution in [-0.2, 0) is 4.43 Å². The fourth-order valence-corrected chi connectivity index (χ4v) is 3.73. The second kappa shape index (κ2) is 8.63. The lowest BCUT2D eigenvalue weighted by Gasteiger charge is -2.38. The van der Waals surface area contributed by atoms with E-state index in [4.69, 9.17) is 10.8 Å². The summed E-state index contributed by atoms with van der Waals surface area (Å²) in [6, 6.07) is 20.8. The third-order valence-corrected chi connectivity index (χ3v) is 9.89. The summed E-state index contributed by atoms with van der Waals surface area (Å²) in [5.74, 6) is 4.05. The lowest BCUT2D eigenvalue weighted by Crippen LogP contribution is -2.40. The first-order valence-corrected chi connectivity index (χ1v) is 12.5. The molecule has 0 aliphatic carbocycles. The van der Waals surface area contributed by atoms with Crippen molar-refractivity contribution < 1.29 is 4.43 Å². The molecule has 0 heterocycles. The highest BCUT2D eigenvalue weighted by Gasteiger charge is 2.39. The summed E-state index contributed by atoms with van der Waals surface area (Å²) in [5, 5.41) is 0.126. The quantitative estimate of drug-likeness (QED) is 0.297. The molecule has 0 saturated carbocycles. The van der Waals surface area contributed by atoms with E-state index < -0.39 is 8.32 Å². The molecule has 2 rings (SSSR count). The topological polar surface area (TPSA) is 9.23 Å². The van der Waals surface area contributed by atoms with Crippen molar-refractivity contribution in [1.29, 1.82) is 0 Å². The molecule has 2 aromatic rings. The predicted molar refractivity (Wildman–Crippen MR) is 120 cm³/mol. The van der Waals surface area contributed by atoms with Gasteiger partial charge >= 0.3 is 0 Å². The smallest absolute Gasteiger partial charge is 0.250 e. The van der Waals surface area contributed by atoms with Crippen LogP contribution >= 0.6 is 0 Å². The van der Waals surface area contributed by atoms with E-state index in [0.717, 1.165) is 11.3 Å². The van der Waals surface area contributed by atoms with Crippen molar-refractivity contribution in [1.82, 2.24) is 0 Å². The first kappa shape index (κ1) is 21.1. The van der Waals surface area contributed by atoms with E-state index in [1.54, 1.807) is 0 Å². The Bertz CT molecular complexity index is 792. The van der Waals surface area contributed by atoms with Crippen LogP contribution in [0.1, 0.15) is 44.7 Å². The minimum atomic E-state index is -1.98. The summed E-state index contributed by atoms with van der Waals surface area (Å²) in [7, 11) is -1.98. The lowest BCUT2D eigenvalue weighted by molar-refractivity contribution is 0.453. The SMILES string of the molecule is C#CC(C)C(/C=C(\O[Si](C)(C)C(C)(C)C)c1ccccc1)c1ccccc1. The third-order valence-electron chi connectivity index (χ3n) is 5.55. The van der Waals surface area contributed by atoms with E-state index in [2.05, 4.69) is 101 Å². The molecule has 0 radical (unpaired) electrons. The summed E-state index contributed by atoms with van der Waals surface area (Å²) < 4.78 is 6.77. The van der Waals surface area contributed by atoms with Crippen LogP contribution in [0.3, 0.4) is 0 Å². The second-order valence-electron chi connectivity index (χ2n) is 8.65. The molecule has 0 aromatic heterocycles. The Hall–Kier alpha value is -2.24. The fourth-order valence-electron chi connectivity index (χ4n) is 2.69.